The van der Waals surface area contributed by atoms with Crippen LogP contribution in [0.25, 0.3) is 15.3 Å². The Kier molecular flexibility index (Phi) is 4.10. The van der Waals surface area contributed by atoms with Crippen LogP contribution < -0.4 is 5.32 Å². The number of ketones is 1. The number of carbonyl (C=O) groups is 2. The van der Waals surface area contributed by atoms with Crippen LogP contribution in [0.2, 0.25) is 0 Å². The van der Waals surface area contributed by atoms with Gasteiger partial charge in [-0.05, 0) is 49.4 Å². The van der Waals surface area contributed by atoms with Crippen molar-refractivity contribution in [1.29, 1.82) is 0 Å². The number of nitrogens with one attached hydrogen (secondary N) is 1. The molecule has 0 saturated carbocycles. The van der Waals surface area contributed by atoms with Crippen molar-refractivity contribution in [2.24, 2.45) is 0 Å². The highest BCUT2D eigenvalue weighted by atomic mass is 32.1. The van der Waals surface area contributed by atoms with Gasteiger partial charge in [0.25, 0.3) is 5.91 Å². The standard InChI is InChI=1S/C20H15N3O2S/c1-13(24)14-5-4-6-16(11-14)21-19(25)15-7-8-17-18(12-15)26-20(22-17)23-9-2-3-10-23/h2-12H,1H3,(H,21,25). The molecule has 0 aliphatic carbocycles. The van der Waals surface area contributed by atoms with Crippen molar-refractivity contribution in [2.45, 2.75) is 6.92 Å². The summed E-state index contributed by atoms with van der Waals surface area (Å²) in [5, 5.41) is 3.70. The van der Waals surface area contributed by atoms with Crippen molar-refractivity contribution >= 4 is 38.9 Å². The summed E-state index contributed by atoms with van der Waals surface area (Å²) in [6, 6.07) is 16.2. The van der Waals surface area contributed by atoms with Crippen LogP contribution in [0.1, 0.15) is 27.6 Å². The molecule has 0 radical (unpaired) electrons. The molecular weight excluding hydrogens is 346 g/mol. The third-order valence-corrected chi connectivity index (χ3v) is 5.02. The third kappa shape index (κ3) is 3.14. The lowest BCUT2D eigenvalue weighted by Gasteiger charge is -2.06. The molecule has 26 heavy (non-hydrogen) atoms. The summed E-state index contributed by atoms with van der Waals surface area (Å²) in [6.45, 7) is 1.50. The van der Waals surface area contributed by atoms with Crippen molar-refractivity contribution in [2.75, 3.05) is 5.32 Å². The van der Waals surface area contributed by atoms with E-state index in [4.69, 9.17) is 0 Å². The zero-order valence-corrected chi connectivity index (χ0v) is 14.8. The predicted molar refractivity (Wildman–Crippen MR) is 103 cm³/mol. The Labute approximate surface area is 153 Å². The van der Waals surface area contributed by atoms with E-state index >= 15 is 0 Å². The van der Waals surface area contributed by atoms with E-state index in [1.54, 1.807) is 30.3 Å². The molecule has 4 rings (SSSR count). The number of benzene rings is 2. The Bertz CT molecular complexity index is 1110. The van der Waals surface area contributed by atoms with Gasteiger partial charge in [0.2, 0.25) is 0 Å². The molecule has 1 N–H and O–H groups in total. The molecule has 1 amide bonds. The predicted octanol–water partition coefficient (Wildman–Crippen LogP) is 4.54. The monoisotopic (exact) mass is 361 g/mol. The van der Waals surface area contributed by atoms with Crippen molar-refractivity contribution in [3.05, 3.63) is 78.1 Å². The van der Waals surface area contributed by atoms with Gasteiger partial charge >= 0.3 is 0 Å². The van der Waals surface area contributed by atoms with Gasteiger partial charge in [0.15, 0.2) is 10.9 Å². The van der Waals surface area contributed by atoms with E-state index in [1.807, 2.05) is 41.2 Å². The molecule has 0 fully saturated rings. The zero-order valence-electron chi connectivity index (χ0n) is 14.0. The first-order chi connectivity index (χ1) is 12.6. The van der Waals surface area contributed by atoms with Crippen LogP contribution in [0.5, 0.6) is 0 Å². The number of fused-ring (bicyclic) bond motifs is 1. The number of thiazole rings is 1. The van der Waals surface area contributed by atoms with Crippen LogP contribution in [0.4, 0.5) is 5.69 Å². The van der Waals surface area contributed by atoms with Crippen LogP contribution in [0, 0.1) is 0 Å². The Morgan fingerprint density at radius 3 is 2.58 bits per heavy atom. The van der Waals surface area contributed by atoms with E-state index in [-0.39, 0.29) is 11.7 Å². The first-order valence-electron chi connectivity index (χ1n) is 8.06. The summed E-state index contributed by atoms with van der Waals surface area (Å²) in [4.78, 5) is 28.6. The Morgan fingerprint density at radius 2 is 1.81 bits per heavy atom. The second kappa shape index (κ2) is 6.57. The number of aromatic nitrogens is 2. The molecule has 0 spiro atoms. The largest absolute Gasteiger partial charge is 0.322 e. The molecule has 4 aromatic rings. The molecule has 6 heteroatoms. The number of nitrogens with zero attached hydrogens (tertiary/aromatic N) is 2. The van der Waals surface area contributed by atoms with Gasteiger partial charge in [-0.25, -0.2) is 4.98 Å². The SMILES string of the molecule is CC(=O)c1cccc(NC(=O)c2ccc3nc(-n4cccc4)sc3c2)c1. The molecular formula is C20H15N3O2S. The molecule has 128 valence electrons. The topological polar surface area (TPSA) is 64.0 Å². The summed E-state index contributed by atoms with van der Waals surface area (Å²) in [7, 11) is 0. The lowest BCUT2D eigenvalue weighted by molar-refractivity contribution is 0.101. The highest BCUT2D eigenvalue weighted by Gasteiger charge is 2.11. The van der Waals surface area contributed by atoms with Crippen LogP contribution in [-0.4, -0.2) is 21.2 Å². The molecule has 2 heterocycles. The number of hydrogen-bond donors (Lipinski definition) is 1. The van der Waals surface area contributed by atoms with Crippen LogP contribution >= 0.6 is 11.3 Å². The highest BCUT2D eigenvalue weighted by molar-refractivity contribution is 7.20. The van der Waals surface area contributed by atoms with Gasteiger partial charge in [-0.15, -0.1) is 0 Å². The number of amides is 1. The summed E-state index contributed by atoms with van der Waals surface area (Å²) in [5.74, 6) is -0.256. The minimum absolute atomic E-state index is 0.0373. The fourth-order valence-corrected chi connectivity index (χ4v) is 3.62. The van der Waals surface area contributed by atoms with E-state index in [0.29, 0.717) is 16.8 Å². The van der Waals surface area contributed by atoms with Crippen LogP contribution in [-0.2, 0) is 0 Å². The highest BCUT2D eigenvalue weighted by Crippen LogP contribution is 2.26. The molecule has 0 saturated heterocycles. The lowest BCUT2D eigenvalue weighted by Crippen LogP contribution is -2.12. The molecule has 5 nitrogen and oxygen atoms in total. The molecule has 0 aliphatic rings. The average molecular weight is 361 g/mol. The number of rotatable bonds is 4. The van der Waals surface area contributed by atoms with E-state index in [0.717, 1.165) is 15.3 Å². The number of anilines is 1. The maximum absolute atomic E-state index is 12.6. The van der Waals surface area contributed by atoms with Crippen molar-refractivity contribution < 1.29 is 9.59 Å². The minimum atomic E-state index is -0.219. The fraction of sp³-hybridized carbons (Fsp3) is 0.0500. The fourth-order valence-electron chi connectivity index (χ4n) is 2.65. The maximum Gasteiger partial charge on any atom is 0.255 e. The van der Waals surface area contributed by atoms with Gasteiger partial charge in [0.1, 0.15) is 0 Å². The minimum Gasteiger partial charge on any atom is -0.322 e. The zero-order chi connectivity index (χ0) is 18.1. The summed E-state index contributed by atoms with van der Waals surface area (Å²) in [6.07, 6.45) is 3.88. The van der Waals surface area contributed by atoms with Gasteiger partial charge in [0.05, 0.1) is 10.2 Å². The number of Topliss-reactive ketones (excluding diaryl/α,β-unsaturated/α-hetero) is 1. The molecule has 0 aliphatic heterocycles. The summed E-state index contributed by atoms with van der Waals surface area (Å²) < 4.78 is 2.89. The number of hydrogen-bond acceptors (Lipinski definition) is 4. The molecule has 0 unspecified atom stereocenters. The second-order valence-corrected chi connectivity index (χ2v) is 6.87. The average Bonchev–Trinajstić information content (AvgIpc) is 3.30. The summed E-state index contributed by atoms with van der Waals surface area (Å²) >= 11 is 1.53. The normalized spacial score (nSPS) is 10.8. The van der Waals surface area contributed by atoms with Gasteiger partial charge < -0.3 is 9.88 Å². The van der Waals surface area contributed by atoms with E-state index in [2.05, 4.69) is 10.3 Å². The van der Waals surface area contributed by atoms with Gasteiger partial charge in [0, 0.05) is 29.2 Å². The Morgan fingerprint density at radius 1 is 1.00 bits per heavy atom. The smallest absolute Gasteiger partial charge is 0.255 e. The Balaban J connectivity index is 1.61. The van der Waals surface area contributed by atoms with Crippen molar-refractivity contribution in [1.82, 2.24) is 9.55 Å². The van der Waals surface area contributed by atoms with Gasteiger partial charge in [-0.2, -0.15) is 0 Å². The van der Waals surface area contributed by atoms with Gasteiger partial charge in [-0.3, -0.25) is 9.59 Å². The summed E-state index contributed by atoms with van der Waals surface area (Å²) in [5.41, 5.74) is 2.57. The van der Waals surface area contributed by atoms with Crippen LogP contribution in [0.15, 0.2) is 67.0 Å². The quantitative estimate of drug-likeness (QED) is 0.543. The lowest BCUT2D eigenvalue weighted by atomic mass is 10.1. The van der Waals surface area contributed by atoms with E-state index in [9.17, 15) is 9.59 Å². The first kappa shape index (κ1) is 16.2. The van der Waals surface area contributed by atoms with Crippen LogP contribution in [0.3, 0.4) is 0 Å². The van der Waals surface area contributed by atoms with Gasteiger partial charge in [-0.1, -0.05) is 23.5 Å². The first-order valence-corrected chi connectivity index (χ1v) is 8.88. The van der Waals surface area contributed by atoms with E-state index < -0.39 is 0 Å². The van der Waals surface area contributed by atoms with Crippen molar-refractivity contribution in [3.8, 4) is 5.13 Å². The molecule has 2 aromatic carbocycles. The maximum atomic E-state index is 12.6. The Hall–Kier alpha value is -3.25. The van der Waals surface area contributed by atoms with Crippen molar-refractivity contribution in [3.63, 3.8) is 0 Å². The molecule has 0 bridgehead atoms. The second-order valence-electron chi connectivity index (χ2n) is 5.86. The van der Waals surface area contributed by atoms with E-state index in [1.165, 1.54) is 18.3 Å². The molecule has 2 aromatic heterocycles. The third-order valence-electron chi connectivity index (χ3n) is 3.99. The molecule has 0 atom stereocenters. The number of carbonyl (C=O) groups excluding carboxylic acids is 2.